The highest BCUT2D eigenvalue weighted by Gasteiger charge is 2.18. The van der Waals surface area contributed by atoms with Crippen LogP contribution in [-0.2, 0) is 4.79 Å². The highest BCUT2D eigenvalue weighted by atomic mass is 32.2. The van der Waals surface area contributed by atoms with Crippen molar-refractivity contribution in [1.82, 2.24) is 5.32 Å². The third-order valence-corrected chi connectivity index (χ3v) is 3.86. The molecule has 0 saturated heterocycles. The monoisotopic (exact) mass is 281 g/mol. The molecular weight excluding hydrogens is 258 g/mol. The quantitative estimate of drug-likeness (QED) is 0.806. The van der Waals surface area contributed by atoms with Crippen molar-refractivity contribution in [3.05, 3.63) is 35.4 Å². The van der Waals surface area contributed by atoms with E-state index in [4.69, 9.17) is 5.11 Å². The molecule has 1 rings (SSSR count). The van der Waals surface area contributed by atoms with Gasteiger partial charge in [0.05, 0.1) is 5.92 Å². The fourth-order valence-electron chi connectivity index (χ4n) is 1.97. The third kappa shape index (κ3) is 5.25. The first-order valence-electron chi connectivity index (χ1n) is 6.55. The molecule has 0 fully saturated rings. The van der Waals surface area contributed by atoms with Gasteiger partial charge in [0.15, 0.2) is 0 Å². The van der Waals surface area contributed by atoms with Gasteiger partial charge in [0.2, 0.25) is 5.91 Å². The zero-order valence-corrected chi connectivity index (χ0v) is 12.7. The Labute approximate surface area is 119 Å². The minimum Gasteiger partial charge on any atom is -0.396 e. The van der Waals surface area contributed by atoms with E-state index in [0.717, 1.165) is 16.9 Å². The fourth-order valence-corrected chi connectivity index (χ4v) is 2.62. The van der Waals surface area contributed by atoms with Crippen molar-refractivity contribution < 1.29 is 9.90 Å². The number of amides is 1. The normalized spacial score (nSPS) is 13.9. The second-order valence-electron chi connectivity index (χ2n) is 4.81. The lowest BCUT2D eigenvalue weighted by atomic mass is 9.98. The summed E-state index contributed by atoms with van der Waals surface area (Å²) in [4.78, 5) is 12.2. The number of hydrogen-bond acceptors (Lipinski definition) is 3. The van der Waals surface area contributed by atoms with Gasteiger partial charge in [-0.1, -0.05) is 29.8 Å². The lowest BCUT2D eigenvalue weighted by molar-refractivity contribution is -0.122. The third-order valence-electron chi connectivity index (χ3n) is 3.13. The van der Waals surface area contributed by atoms with Crippen molar-refractivity contribution in [3.63, 3.8) is 0 Å². The van der Waals surface area contributed by atoms with Gasteiger partial charge >= 0.3 is 0 Å². The summed E-state index contributed by atoms with van der Waals surface area (Å²) in [5.74, 6) is 0.688. The van der Waals surface area contributed by atoms with Crippen molar-refractivity contribution in [2.45, 2.75) is 32.2 Å². The summed E-state index contributed by atoms with van der Waals surface area (Å²) in [6.45, 7) is 4.04. The number of aliphatic hydroxyl groups is 1. The Morgan fingerprint density at radius 3 is 2.79 bits per heavy atom. The molecule has 2 unspecified atom stereocenters. The summed E-state index contributed by atoms with van der Waals surface area (Å²) < 4.78 is 0. The zero-order chi connectivity index (χ0) is 14.3. The molecule has 0 bridgehead atoms. The molecule has 0 saturated carbocycles. The molecule has 0 radical (unpaired) electrons. The summed E-state index contributed by atoms with van der Waals surface area (Å²) in [5.41, 5.74) is 2.19. The van der Waals surface area contributed by atoms with E-state index in [0.29, 0.717) is 6.42 Å². The number of aliphatic hydroxyl groups excluding tert-OH is 1. The maximum Gasteiger partial charge on any atom is 0.227 e. The largest absolute Gasteiger partial charge is 0.396 e. The van der Waals surface area contributed by atoms with Crippen LogP contribution in [0.1, 0.15) is 30.4 Å². The molecular formula is C15H23NO2S. The average Bonchev–Trinajstić information content (AvgIpc) is 2.38. The van der Waals surface area contributed by atoms with Crippen LogP contribution >= 0.6 is 11.8 Å². The first kappa shape index (κ1) is 16.1. The molecule has 0 aliphatic rings. The predicted octanol–water partition coefficient (Wildman–Crippen LogP) is 2.33. The van der Waals surface area contributed by atoms with E-state index in [-0.39, 0.29) is 24.5 Å². The second kappa shape index (κ2) is 8.23. The molecule has 3 nitrogen and oxygen atoms in total. The lowest BCUT2D eigenvalue weighted by Gasteiger charge is -2.20. The number of carbonyl (C=O) groups excluding carboxylic acids is 1. The molecule has 0 spiro atoms. The lowest BCUT2D eigenvalue weighted by Crippen LogP contribution is -2.39. The molecule has 0 heterocycles. The van der Waals surface area contributed by atoms with E-state index < -0.39 is 0 Å². The Kier molecular flexibility index (Phi) is 6.95. The summed E-state index contributed by atoms with van der Waals surface area (Å²) in [7, 11) is 0. The van der Waals surface area contributed by atoms with E-state index in [1.807, 2.05) is 44.4 Å². The van der Waals surface area contributed by atoms with Crippen LogP contribution in [0.4, 0.5) is 0 Å². The number of rotatable bonds is 7. The molecule has 1 aromatic carbocycles. The van der Waals surface area contributed by atoms with Crippen LogP contribution in [0.2, 0.25) is 0 Å². The maximum atomic E-state index is 12.2. The topological polar surface area (TPSA) is 49.3 Å². The second-order valence-corrected chi connectivity index (χ2v) is 5.72. The SMILES string of the molecule is CSCC(CCO)NC(=O)C(C)c1cccc(C)c1. The standard InChI is InChI=1S/C15H23NO2S/c1-11-5-4-6-13(9-11)12(2)15(18)16-14(7-8-17)10-19-3/h4-6,9,12,14,17H,7-8,10H2,1-3H3,(H,16,18). The van der Waals surface area contributed by atoms with Crippen LogP contribution in [0.15, 0.2) is 24.3 Å². The van der Waals surface area contributed by atoms with Crippen LogP contribution in [0.3, 0.4) is 0 Å². The first-order chi connectivity index (χ1) is 9.08. The summed E-state index contributed by atoms with van der Waals surface area (Å²) in [6.07, 6.45) is 2.60. The minimum absolute atomic E-state index is 0.0260. The molecule has 0 aliphatic heterocycles. The van der Waals surface area contributed by atoms with E-state index in [1.165, 1.54) is 0 Å². The van der Waals surface area contributed by atoms with Gasteiger partial charge in [0.1, 0.15) is 0 Å². The van der Waals surface area contributed by atoms with E-state index in [1.54, 1.807) is 11.8 Å². The van der Waals surface area contributed by atoms with Crippen molar-refractivity contribution in [2.24, 2.45) is 0 Å². The zero-order valence-electron chi connectivity index (χ0n) is 11.8. The van der Waals surface area contributed by atoms with Gasteiger partial charge in [0.25, 0.3) is 0 Å². The smallest absolute Gasteiger partial charge is 0.227 e. The van der Waals surface area contributed by atoms with Gasteiger partial charge in [-0.05, 0) is 32.1 Å². The Balaban J connectivity index is 2.65. The molecule has 0 aliphatic carbocycles. The maximum absolute atomic E-state index is 12.2. The van der Waals surface area contributed by atoms with E-state index in [9.17, 15) is 4.79 Å². The van der Waals surface area contributed by atoms with Crippen LogP contribution in [0.25, 0.3) is 0 Å². The summed E-state index contributed by atoms with van der Waals surface area (Å²) in [6, 6.07) is 8.06. The van der Waals surface area contributed by atoms with Gasteiger partial charge < -0.3 is 10.4 Å². The number of nitrogens with one attached hydrogen (secondary N) is 1. The average molecular weight is 281 g/mol. The molecule has 2 N–H and O–H groups in total. The van der Waals surface area contributed by atoms with Crippen molar-refractivity contribution in [2.75, 3.05) is 18.6 Å². The van der Waals surface area contributed by atoms with Crippen LogP contribution in [0, 0.1) is 6.92 Å². The van der Waals surface area contributed by atoms with Gasteiger partial charge in [-0.15, -0.1) is 0 Å². The molecule has 0 aromatic heterocycles. The molecule has 1 aromatic rings. The van der Waals surface area contributed by atoms with Gasteiger partial charge in [0, 0.05) is 18.4 Å². The number of thioether (sulfide) groups is 1. The van der Waals surface area contributed by atoms with Gasteiger partial charge in [-0.3, -0.25) is 4.79 Å². The first-order valence-corrected chi connectivity index (χ1v) is 7.94. The van der Waals surface area contributed by atoms with Crippen LogP contribution in [-0.4, -0.2) is 35.7 Å². The Hall–Kier alpha value is -1.00. The number of hydrogen-bond donors (Lipinski definition) is 2. The van der Waals surface area contributed by atoms with Crippen LogP contribution in [0.5, 0.6) is 0 Å². The van der Waals surface area contributed by atoms with Crippen molar-refractivity contribution in [3.8, 4) is 0 Å². The molecule has 2 atom stereocenters. The Morgan fingerprint density at radius 1 is 1.47 bits per heavy atom. The number of benzene rings is 1. The number of carbonyl (C=O) groups is 1. The van der Waals surface area contributed by atoms with Gasteiger partial charge in [-0.25, -0.2) is 0 Å². The van der Waals surface area contributed by atoms with Gasteiger partial charge in [-0.2, -0.15) is 11.8 Å². The number of aryl methyl sites for hydroxylation is 1. The highest BCUT2D eigenvalue weighted by Crippen LogP contribution is 2.17. The molecule has 106 valence electrons. The fraction of sp³-hybridized carbons (Fsp3) is 0.533. The van der Waals surface area contributed by atoms with Crippen molar-refractivity contribution >= 4 is 17.7 Å². The van der Waals surface area contributed by atoms with E-state index in [2.05, 4.69) is 5.32 Å². The van der Waals surface area contributed by atoms with E-state index >= 15 is 0 Å². The Bertz CT molecular complexity index is 403. The Morgan fingerprint density at radius 2 is 2.21 bits per heavy atom. The van der Waals surface area contributed by atoms with Crippen molar-refractivity contribution in [1.29, 1.82) is 0 Å². The minimum atomic E-state index is -0.164. The molecule has 4 heteroatoms. The summed E-state index contributed by atoms with van der Waals surface area (Å²) in [5, 5.41) is 12.0. The van der Waals surface area contributed by atoms with Crippen LogP contribution < -0.4 is 5.32 Å². The predicted molar refractivity (Wildman–Crippen MR) is 81.6 cm³/mol. The summed E-state index contributed by atoms with van der Waals surface area (Å²) >= 11 is 1.68. The molecule has 1 amide bonds. The highest BCUT2D eigenvalue weighted by molar-refractivity contribution is 7.98. The molecule has 19 heavy (non-hydrogen) atoms.